The largest absolute Gasteiger partial charge is 0.393 e. The summed E-state index contributed by atoms with van der Waals surface area (Å²) in [7, 11) is 0. The van der Waals surface area contributed by atoms with Gasteiger partial charge in [0.2, 0.25) is 0 Å². The molecule has 2 heteroatoms. The lowest BCUT2D eigenvalue weighted by molar-refractivity contribution is 0.151. The van der Waals surface area contributed by atoms with Gasteiger partial charge in [-0.3, -0.25) is 0 Å². The highest BCUT2D eigenvalue weighted by atomic mass is 16.3. The van der Waals surface area contributed by atoms with Gasteiger partial charge in [-0.2, -0.15) is 0 Å². The van der Waals surface area contributed by atoms with Crippen molar-refractivity contribution in [2.75, 3.05) is 5.32 Å². The van der Waals surface area contributed by atoms with Crippen LogP contribution in [0.3, 0.4) is 0 Å². The SMILES string of the molecule is CCCCCCCC(O)CCc1ccc(Nc2ccccc2)cc1. The lowest BCUT2D eigenvalue weighted by Crippen LogP contribution is -2.07. The molecule has 2 nitrogen and oxygen atoms in total. The van der Waals surface area contributed by atoms with Crippen molar-refractivity contribution in [2.24, 2.45) is 0 Å². The smallest absolute Gasteiger partial charge is 0.0543 e. The molecule has 0 aromatic heterocycles. The molecule has 130 valence electrons. The number of nitrogens with one attached hydrogen (secondary N) is 1. The average molecular weight is 325 g/mol. The number of aliphatic hydroxyl groups excluding tert-OH is 1. The molecule has 0 aliphatic carbocycles. The van der Waals surface area contributed by atoms with Crippen molar-refractivity contribution in [3.05, 3.63) is 60.2 Å². The van der Waals surface area contributed by atoms with E-state index in [0.717, 1.165) is 37.1 Å². The van der Waals surface area contributed by atoms with Crippen LogP contribution < -0.4 is 5.32 Å². The Kier molecular flexibility index (Phi) is 8.40. The Morgan fingerprint density at radius 1 is 0.792 bits per heavy atom. The van der Waals surface area contributed by atoms with E-state index in [4.69, 9.17) is 0 Å². The van der Waals surface area contributed by atoms with Crippen LogP contribution in [0.2, 0.25) is 0 Å². The standard InChI is InChI=1S/C22H31NO/c1-2-3-4-5-9-12-22(24)18-15-19-13-16-21(17-14-19)23-20-10-7-6-8-11-20/h6-8,10-11,13-14,16-17,22-24H,2-5,9,12,15,18H2,1H3. The predicted octanol–water partition coefficient (Wildman–Crippen LogP) is 6.08. The molecule has 0 fully saturated rings. The molecule has 0 saturated carbocycles. The number of aryl methyl sites for hydroxylation is 1. The molecule has 2 aromatic rings. The second kappa shape index (κ2) is 10.9. The Morgan fingerprint density at radius 3 is 2.17 bits per heavy atom. The number of hydrogen-bond donors (Lipinski definition) is 2. The third-order valence-corrected chi connectivity index (χ3v) is 4.42. The zero-order chi connectivity index (χ0) is 17.0. The maximum absolute atomic E-state index is 10.1. The Balaban J connectivity index is 1.68. The average Bonchev–Trinajstić information content (AvgIpc) is 2.62. The molecule has 2 N–H and O–H groups in total. The van der Waals surface area contributed by atoms with Crippen molar-refractivity contribution in [3.63, 3.8) is 0 Å². The lowest BCUT2D eigenvalue weighted by Gasteiger charge is -2.11. The van der Waals surface area contributed by atoms with E-state index >= 15 is 0 Å². The second-order valence-electron chi connectivity index (χ2n) is 6.58. The number of benzene rings is 2. The van der Waals surface area contributed by atoms with Gasteiger partial charge in [-0.25, -0.2) is 0 Å². The minimum atomic E-state index is -0.159. The molecule has 0 saturated heterocycles. The van der Waals surface area contributed by atoms with E-state index in [1.54, 1.807) is 0 Å². The third-order valence-electron chi connectivity index (χ3n) is 4.42. The van der Waals surface area contributed by atoms with Gasteiger partial charge in [0.15, 0.2) is 0 Å². The monoisotopic (exact) mass is 325 g/mol. The van der Waals surface area contributed by atoms with Gasteiger partial charge in [-0.1, -0.05) is 69.4 Å². The molecule has 24 heavy (non-hydrogen) atoms. The first-order valence-corrected chi connectivity index (χ1v) is 9.37. The van der Waals surface area contributed by atoms with Gasteiger partial charge in [-0.05, 0) is 49.1 Å². The number of aliphatic hydroxyl groups is 1. The molecule has 1 atom stereocenters. The van der Waals surface area contributed by atoms with Crippen LogP contribution >= 0.6 is 0 Å². The Bertz CT molecular complexity index is 550. The second-order valence-corrected chi connectivity index (χ2v) is 6.58. The molecule has 0 spiro atoms. The topological polar surface area (TPSA) is 32.3 Å². The van der Waals surface area contributed by atoms with E-state index in [1.165, 1.54) is 31.2 Å². The normalized spacial score (nSPS) is 12.1. The number of anilines is 2. The zero-order valence-corrected chi connectivity index (χ0v) is 14.9. The highest BCUT2D eigenvalue weighted by Crippen LogP contribution is 2.18. The molecule has 1 unspecified atom stereocenters. The first-order chi connectivity index (χ1) is 11.8. The number of hydrogen-bond acceptors (Lipinski definition) is 2. The van der Waals surface area contributed by atoms with Gasteiger partial charge in [0.1, 0.15) is 0 Å². The first-order valence-electron chi connectivity index (χ1n) is 9.37. The maximum Gasteiger partial charge on any atom is 0.0543 e. The zero-order valence-electron chi connectivity index (χ0n) is 14.9. The maximum atomic E-state index is 10.1. The Labute approximate surface area is 146 Å². The van der Waals surface area contributed by atoms with Crippen molar-refractivity contribution < 1.29 is 5.11 Å². The molecule has 0 aliphatic heterocycles. The summed E-state index contributed by atoms with van der Waals surface area (Å²) in [4.78, 5) is 0. The van der Waals surface area contributed by atoms with Gasteiger partial charge in [0.25, 0.3) is 0 Å². The van der Waals surface area contributed by atoms with Crippen molar-refractivity contribution >= 4 is 11.4 Å². The van der Waals surface area contributed by atoms with Crippen molar-refractivity contribution in [3.8, 4) is 0 Å². The third kappa shape index (κ3) is 7.18. The van der Waals surface area contributed by atoms with Crippen LogP contribution in [-0.2, 0) is 6.42 Å². The van der Waals surface area contributed by atoms with Crippen LogP contribution in [-0.4, -0.2) is 11.2 Å². The molecule has 0 radical (unpaired) electrons. The first kappa shape index (κ1) is 18.5. The van der Waals surface area contributed by atoms with E-state index in [9.17, 15) is 5.11 Å². The Hall–Kier alpha value is -1.80. The summed E-state index contributed by atoms with van der Waals surface area (Å²) in [5.74, 6) is 0. The summed E-state index contributed by atoms with van der Waals surface area (Å²) >= 11 is 0. The van der Waals surface area contributed by atoms with Crippen LogP contribution in [0.15, 0.2) is 54.6 Å². The summed E-state index contributed by atoms with van der Waals surface area (Å²) in [6.45, 7) is 2.23. The van der Waals surface area contributed by atoms with E-state index in [0.29, 0.717) is 0 Å². The predicted molar refractivity (Wildman–Crippen MR) is 104 cm³/mol. The van der Waals surface area contributed by atoms with Gasteiger partial charge >= 0.3 is 0 Å². The van der Waals surface area contributed by atoms with Crippen LogP contribution in [0.4, 0.5) is 11.4 Å². The minimum Gasteiger partial charge on any atom is -0.393 e. The minimum absolute atomic E-state index is 0.159. The summed E-state index contributed by atoms with van der Waals surface area (Å²) in [5, 5.41) is 13.5. The lowest BCUT2D eigenvalue weighted by atomic mass is 10.0. The van der Waals surface area contributed by atoms with Gasteiger partial charge in [0.05, 0.1) is 6.10 Å². The van der Waals surface area contributed by atoms with E-state index < -0.39 is 0 Å². The van der Waals surface area contributed by atoms with Gasteiger partial charge < -0.3 is 10.4 Å². The fourth-order valence-electron chi connectivity index (χ4n) is 2.90. The Morgan fingerprint density at radius 2 is 1.46 bits per heavy atom. The molecular formula is C22H31NO. The molecule has 0 amide bonds. The van der Waals surface area contributed by atoms with Crippen molar-refractivity contribution in [1.29, 1.82) is 0 Å². The summed E-state index contributed by atoms with van der Waals surface area (Å²) < 4.78 is 0. The van der Waals surface area contributed by atoms with Gasteiger partial charge in [0, 0.05) is 11.4 Å². The molecule has 0 aliphatic rings. The summed E-state index contributed by atoms with van der Waals surface area (Å²) in [6, 6.07) is 18.7. The van der Waals surface area contributed by atoms with E-state index in [1.807, 2.05) is 18.2 Å². The van der Waals surface area contributed by atoms with Crippen LogP contribution in [0.25, 0.3) is 0 Å². The van der Waals surface area contributed by atoms with Crippen LogP contribution in [0.1, 0.15) is 57.4 Å². The molecular weight excluding hydrogens is 294 g/mol. The fourth-order valence-corrected chi connectivity index (χ4v) is 2.90. The number of rotatable bonds is 11. The van der Waals surface area contributed by atoms with Gasteiger partial charge in [-0.15, -0.1) is 0 Å². The number of para-hydroxylation sites is 1. The van der Waals surface area contributed by atoms with Crippen LogP contribution in [0, 0.1) is 0 Å². The van der Waals surface area contributed by atoms with E-state index in [-0.39, 0.29) is 6.10 Å². The fraction of sp³-hybridized carbons (Fsp3) is 0.455. The molecule has 0 bridgehead atoms. The van der Waals surface area contributed by atoms with E-state index in [2.05, 4.69) is 48.6 Å². The molecule has 2 rings (SSSR count). The van der Waals surface area contributed by atoms with Crippen LogP contribution in [0.5, 0.6) is 0 Å². The molecule has 2 aromatic carbocycles. The quantitative estimate of drug-likeness (QED) is 0.490. The highest BCUT2D eigenvalue weighted by Gasteiger charge is 2.05. The molecule has 0 heterocycles. The van der Waals surface area contributed by atoms with Crippen molar-refractivity contribution in [1.82, 2.24) is 0 Å². The summed E-state index contributed by atoms with van der Waals surface area (Å²) in [6.07, 6.45) is 8.90. The highest BCUT2D eigenvalue weighted by molar-refractivity contribution is 5.59. The number of unbranched alkanes of at least 4 members (excludes halogenated alkanes) is 4. The summed E-state index contributed by atoms with van der Waals surface area (Å²) in [5.41, 5.74) is 3.49. The van der Waals surface area contributed by atoms with Crippen molar-refractivity contribution in [2.45, 2.75) is 64.4 Å².